The largest absolute Gasteiger partial charge is 0.457 e. The highest BCUT2D eigenvalue weighted by atomic mass is 35.5. The average molecular weight is 460 g/mol. The number of carbonyl (C=O) groups is 2. The summed E-state index contributed by atoms with van der Waals surface area (Å²) in [5.41, 5.74) is -0.478. The highest BCUT2D eigenvalue weighted by molar-refractivity contribution is 6.32. The summed E-state index contributed by atoms with van der Waals surface area (Å²) in [5.74, 6) is -0.839. The first-order valence-electron chi connectivity index (χ1n) is 10.3. The summed E-state index contributed by atoms with van der Waals surface area (Å²) in [5, 5.41) is 11.1. The molecule has 1 aliphatic heterocycles. The molecule has 8 heteroatoms. The van der Waals surface area contributed by atoms with Gasteiger partial charge in [0.25, 0.3) is 5.69 Å². The molecule has 0 bridgehead atoms. The highest BCUT2D eigenvalue weighted by Crippen LogP contribution is 2.41. The highest BCUT2D eigenvalue weighted by Gasteiger charge is 2.53. The van der Waals surface area contributed by atoms with Crippen LogP contribution in [-0.2, 0) is 20.7 Å². The number of nitrogens with zero attached hydrogens (tertiary/aromatic N) is 1. The van der Waals surface area contributed by atoms with Gasteiger partial charge in [0.2, 0.25) is 0 Å². The van der Waals surface area contributed by atoms with Gasteiger partial charge in [0.05, 0.1) is 4.92 Å². The monoisotopic (exact) mass is 459 g/mol. The predicted molar refractivity (Wildman–Crippen MR) is 121 cm³/mol. The van der Waals surface area contributed by atoms with Gasteiger partial charge in [0, 0.05) is 12.1 Å². The molecule has 3 rings (SSSR count). The molecule has 0 aliphatic carbocycles. The van der Waals surface area contributed by atoms with E-state index in [4.69, 9.17) is 21.1 Å². The van der Waals surface area contributed by atoms with Gasteiger partial charge in [-0.1, -0.05) is 24.6 Å². The van der Waals surface area contributed by atoms with E-state index in [0.717, 1.165) is 5.56 Å². The average Bonchev–Trinajstić information content (AvgIpc) is 2.69. The Balaban J connectivity index is 2.07. The van der Waals surface area contributed by atoms with Gasteiger partial charge in [-0.3, -0.25) is 19.7 Å². The van der Waals surface area contributed by atoms with E-state index in [1.54, 1.807) is 46.8 Å². The molecule has 0 aromatic heterocycles. The van der Waals surface area contributed by atoms with Gasteiger partial charge < -0.3 is 9.47 Å². The van der Waals surface area contributed by atoms with Crippen molar-refractivity contribution in [2.45, 2.75) is 65.1 Å². The Bertz CT molecular complexity index is 1100. The molecule has 0 saturated carbocycles. The number of aryl methyl sites for hydroxylation is 2. The van der Waals surface area contributed by atoms with Crippen LogP contribution >= 0.6 is 11.6 Å². The molecule has 2 aromatic carbocycles. The molecular formula is C24H26ClNO6. The zero-order valence-corrected chi connectivity index (χ0v) is 19.7. The van der Waals surface area contributed by atoms with Gasteiger partial charge in [-0.05, 0) is 69.9 Å². The molecule has 0 N–H and O–H groups in total. The molecule has 0 radical (unpaired) electrons. The van der Waals surface area contributed by atoms with Crippen LogP contribution in [0.4, 0.5) is 5.69 Å². The molecule has 0 spiro atoms. The first-order chi connectivity index (χ1) is 14.8. The summed E-state index contributed by atoms with van der Waals surface area (Å²) in [7, 11) is 0. The fourth-order valence-corrected chi connectivity index (χ4v) is 4.31. The summed E-state index contributed by atoms with van der Waals surface area (Å²) in [4.78, 5) is 37.0. The van der Waals surface area contributed by atoms with Crippen molar-refractivity contribution in [3.05, 3.63) is 62.2 Å². The summed E-state index contributed by atoms with van der Waals surface area (Å²) in [6.07, 6.45) is 0.622. The Labute approximate surface area is 191 Å². The number of nitro benzene ring substituents is 1. The van der Waals surface area contributed by atoms with Gasteiger partial charge in [-0.25, -0.2) is 0 Å². The number of carbonyl (C=O) groups excluding carboxylic acids is 2. The fourth-order valence-electron chi connectivity index (χ4n) is 4.09. The predicted octanol–water partition coefficient (Wildman–Crippen LogP) is 5.72. The van der Waals surface area contributed by atoms with Crippen LogP contribution in [0.25, 0.3) is 0 Å². The third-order valence-electron chi connectivity index (χ3n) is 5.70. The maximum absolute atomic E-state index is 13.2. The number of nitro groups is 1. The van der Waals surface area contributed by atoms with Crippen molar-refractivity contribution < 1.29 is 24.0 Å². The van der Waals surface area contributed by atoms with E-state index in [1.165, 1.54) is 12.1 Å². The molecule has 1 fully saturated rings. The van der Waals surface area contributed by atoms with E-state index in [2.05, 4.69) is 0 Å². The minimum absolute atomic E-state index is 0.0423. The van der Waals surface area contributed by atoms with Crippen LogP contribution in [0.5, 0.6) is 11.5 Å². The van der Waals surface area contributed by atoms with Crippen LogP contribution in [-0.4, -0.2) is 27.7 Å². The normalized spacial score (nSPS) is 18.0. The fraction of sp³-hybridized carbons (Fsp3) is 0.417. The van der Waals surface area contributed by atoms with E-state index in [-0.39, 0.29) is 22.3 Å². The first-order valence-corrected chi connectivity index (χ1v) is 10.7. The van der Waals surface area contributed by atoms with Gasteiger partial charge in [-0.2, -0.15) is 0 Å². The lowest BCUT2D eigenvalue weighted by molar-refractivity contribution is -0.384. The number of benzene rings is 2. The quantitative estimate of drug-likeness (QED) is 0.322. The molecule has 170 valence electrons. The number of ether oxygens (including phenoxy) is 2. The molecule has 1 saturated heterocycles. The van der Waals surface area contributed by atoms with E-state index >= 15 is 0 Å². The van der Waals surface area contributed by atoms with Crippen LogP contribution in [0.15, 0.2) is 30.3 Å². The summed E-state index contributed by atoms with van der Waals surface area (Å²) in [6.45, 7) is 10.3. The van der Waals surface area contributed by atoms with Crippen molar-refractivity contribution in [3.63, 3.8) is 0 Å². The number of ketones is 2. The number of Topliss-reactive ketones (excluding diaryl/α,β-unsaturated/α-hetero) is 2. The third-order valence-corrected chi connectivity index (χ3v) is 6.00. The van der Waals surface area contributed by atoms with Crippen LogP contribution in [0.2, 0.25) is 5.02 Å². The van der Waals surface area contributed by atoms with E-state index in [9.17, 15) is 19.7 Å². The van der Waals surface area contributed by atoms with Crippen molar-refractivity contribution in [3.8, 4) is 11.5 Å². The van der Waals surface area contributed by atoms with Crippen LogP contribution in [0, 0.1) is 17.0 Å². The van der Waals surface area contributed by atoms with Gasteiger partial charge in [-0.15, -0.1) is 0 Å². The molecule has 7 nitrogen and oxygen atoms in total. The van der Waals surface area contributed by atoms with E-state index in [1.807, 2.05) is 13.0 Å². The van der Waals surface area contributed by atoms with E-state index in [0.29, 0.717) is 29.0 Å². The standard InChI is InChI=1S/C24H26ClNO6/c1-7-14-8-9-15(31-19-12-17(25)18(26(29)30)10-13(19)2)11-16(14)20-21(27)23(3,4)32-24(5,6)22(20)28/h8-12,20H,7H2,1-6H3. The van der Waals surface area contributed by atoms with Crippen molar-refractivity contribution in [1.82, 2.24) is 0 Å². The minimum Gasteiger partial charge on any atom is -0.457 e. The number of halogens is 1. The molecule has 0 amide bonds. The smallest absolute Gasteiger partial charge is 0.288 e. The topological polar surface area (TPSA) is 95.7 Å². The Kier molecular flexibility index (Phi) is 6.19. The second kappa shape index (κ2) is 8.30. The zero-order chi connectivity index (χ0) is 24.0. The van der Waals surface area contributed by atoms with Gasteiger partial charge in [0.1, 0.15) is 33.6 Å². The Morgan fingerprint density at radius 2 is 1.69 bits per heavy atom. The van der Waals surface area contributed by atoms with Crippen molar-refractivity contribution in [1.29, 1.82) is 0 Å². The Hall–Kier alpha value is -2.77. The lowest BCUT2D eigenvalue weighted by atomic mass is 9.73. The lowest BCUT2D eigenvalue weighted by Crippen LogP contribution is -2.58. The van der Waals surface area contributed by atoms with Crippen molar-refractivity contribution in [2.24, 2.45) is 0 Å². The van der Waals surface area contributed by atoms with E-state index < -0.39 is 22.0 Å². The summed E-state index contributed by atoms with van der Waals surface area (Å²) in [6, 6.07) is 7.98. The summed E-state index contributed by atoms with van der Waals surface area (Å²) >= 11 is 6.04. The SMILES string of the molecule is CCc1ccc(Oc2cc(Cl)c([N+](=O)[O-])cc2C)cc1C1C(=O)C(C)(C)OC(C)(C)C1=O. The van der Waals surface area contributed by atoms with Crippen LogP contribution in [0.3, 0.4) is 0 Å². The van der Waals surface area contributed by atoms with Gasteiger partial charge in [0.15, 0.2) is 11.6 Å². The molecule has 1 aliphatic rings. The van der Waals surface area contributed by atoms with Crippen molar-refractivity contribution >= 4 is 28.9 Å². The summed E-state index contributed by atoms with van der Waals surface area (Å²) < 4.78 is 11.8. The third kappa shape index (κ3) is 4.27. The maximum atomic E-state index is 13.2. The minimum atomic E-state index is -1.12. The van der Waals surface area contributed by atoms with Gasteiger partial charge >= 0.3 is 0 Å². The molecular weight excluding hydrogens is 434 g/mol. The molecule has 0 atom stereocenters. The van der Waals surface area contributed by atoms with Crippen LogP contribution < -0.4 is 4.74 Å². The lowest BCUT2D eigenvalue weighted by Gasteiger charge is -2.43. The molecule has 2 aromatic rings. The second-order valence-electron chi connectivity index (χ2n) is 8.93. The zero-order valence-electron chi connectivity index (χ0n) is 18.9. The molecule has 32 heavy (non-hydrogen) atoms. The number of rotatable bonds is 5. The first kappa shape index (κ1) is 23.9. The molecule has 0 unspecified atom stereocenters. The molecule has 1 heterocycles. The Morgan fingerprint density at radius 1 is 1.09 bits per heavy atom. The van der Waals surface area contributed by atoms with Crippen LogP contribution in [0.1, 0.15) is 57.2 Å². The Morgan fingerprint density at radius 3 is 2.22 bits per heavy atom. The number of hydrogen-bond donors (Lipinski definition) is 0. The second-order valence-corrected chi connectivity index (χ2v) is 9.33. The number of hydrogen-bond acceptors (Lipinski definition) is 6. The van der Waals surface area contributed by atoms with Crippen molar-refractivity contribution in [2.75, 3.05) is 0 Å². The maximum Gasteiger partial charge on any atom is 0.288 e.